The van der Waals surface area contributed by atoms with E-state index in [9.17, 15) is 13.2 Å². The van der Waals surface area contributed by atoms with Crippen molar-refractivity contribution in [2.24, 2.45) is 5.41 Å². The largest absolute Gasteiger partial charge is 0.378 e. The molecule has 5 rings (SSSR count). The summed E-state index contributed by atoms with van der Waals surface area (Å²) in [6.45, 7) is 7.22. The average Bonchev–Trinajstić information content (AvgIpc) is 3.19. The third kappa shape index (κ3) is 5.29. The maximum atomic E-state index is 13.0. The molecule has 6 nitrogen and oxygen atoms in total. The molecule has 0 radical (unpaired) electrons. The highest BCUT2D eigenvalue weighted by molar-refractivity contribution is 7.91. The van der Waals surface area contributed by atoms with Crippen molar-refractivity contribution >= 4 is 37.8 Å². The van der Waals surface area contributed by atoms with E-state index in [2.05, 4.69) is 23.5 Å². The molecule has 0 amide bonds. The lowest BCUT2D eigenvalue weighted by molar-refractivity contribution is 0.0918. The molecular weight excluding hydrogens is 480 g/mol. The standard InChI is InChI=1S/C27H30N2O4S2/c1-27(2)16-22-24(26(29-12-14-33-15-13-29)34-25(22)23(30)17-27)20-8-10-21(11-9-20)28-35(31,32)18-19-6-4-3-5-7-19/h3-11,28H,12-18H2,1-2H3. The lowest BCUT2D eigenvalue weighted by Gasteiger charge is -2.30. The number of rotatable bonds is 6. The van der Waals surface area contributed by atoms with Gasteiger partial charge in [0.05, 0.1) is 28.8 Å². The Morgan fingerprint density at radius 3 is 2.37 bits per heavy atom. The van der Waals surface area contributed by atoms with E-state index in [1.54, 1.807) is 35.6 Å². The summed E-state index contributed by atoms with van der Waals surface area (Å²) in [5.74, 6) is 0.138. The molecule has 1 fully saturated rings. The van der Waals surface area contributed by atoms with E-state index < -0.39 is 10.0 Å². The van der Waals surface area contributed by atoms with Crippen LogP contribution in [0.3, 0.4) is 0 Å². The summed E-state index contributed by atoms with van der Waals surface area (Å²) >= 11 is 1.60. The first-order valence-electron chi connectivity index (χ1n) is 11.9. The summed E-state index contributed by atoms with van der Waals surface area (Å²) in [4.78, 5) is 16.2. The molecule has 0 atom stereocenters. The number of benzene rings is 2. The van der Waals surface area contributed by atoms with Gasteiger partial charge in [-0.25, -0.2) is 8.42 Å². The molecule has 8 heteroatoms. The number of ketones is 1. The van der Waals surface area contributed by atoms with Gasteiger partial charge in [-0.1, -0.05) is 56.3 Å². The second kappa shape index (κ2) is 9.41. The van der Waals surface area contributed by atoms with Crippen LogP contribution >= 0.6 is 11.3 Å². The number of hydrogen-bond acceptors (Lipinski definition) is 6. The minimum Gasteiger partial charge on any atom is -0.378 e. The highest BCUT2D eigenvalue weighted by Crippen LogP contribution is 2.49. The Morgan fingerprint density at radius 1 is 1.00 bits per heavy atom. The monoisotopic (exact) mass is 510 g/mol. The Morgan fingerprint density at radius 2 is 1.69 bits per heavy atom. The Balaban J connectivity index is 1.47. The first-order chi connectivity index (χ1) is 16.7. The zero-order valence-corrected chi connectivity index (χ0v) is 21.7. The molecule has 0 saturated carbocycles. The minimum absolute atomic E-state index is 0.0774. The molecule has 1 saturated heterocycles. The smallest absolute Gasteiger partial charge is 0.236 e. The van der Waals surface area contributed by atoms with Gasteiger partial charge >= 0.3 is 0 Å². The van der Waals surface area contributed by atoms with Crippen LogP contribution in [0.5, 0.6) is 0 Å². The maximum absolute atomic E-state index is 13.0. The Hall–Kier alpha value is -2.68. The summed E-state index contributed by atoms with van der Waals surface area (Å²) < 4.78 is 33.6. The van der Waals surface area contributed by atoms with Crippen molar-refractivity contribution in [3.63, 3.8) is 0 Å². The number of nitrogens with zero attached hydrogens (tertiary/aromatic N) is 1. The molecule has 2 heterocycles. The summed E-state index contributed by atoms with van der Waals surface area (Å²) in [7, 11) is -3.53. The summed E-state index contributed by atoms with van der Waals surface area (Å²) in [6.07, 6.45) is 1.40. The molecule has 184 valence electrons. The minimum atomic E-state index is -3.53. The lowest BCUT2D eigenvalue weighted by atomic mass is 9.75. The van der Waals surface area contributed by atoms with Crippen molar-refractivity contribution in [2.45, 2.75) is 32.4 Å². The number of sulfonamides is 1. The quantitative estimate of drug-likeness (QED) is 0.484. The second-order valence-corrected chi connectivity index (χ2v) is 12.8. The van der Waals surface area contributed by atoms with Crippen LogP contribution in [0.4, 0.5) is 10.7 Å². The predicted molar refractivity (Wildman–Crippen MR) is 142 cm³/mol. The summed E-state index contributed by atoms with van der Waals surface area (Å²) in [5.41, 5.74) is 4.40. The van der Waals surface area contributed by atoms with Gasteiger partial charge in [-0.2, -0.15) is 0 Å². The molecule has 2 aromatic carbocycles. The Kier molecular flexibility index (Phi) is 6.46. The highest BCUT2D eigenvalue weighted by atomic mass is 32.2. The normalized spacial score (nSPS) is 17.8. The Labute approximate surface area is 211 Å². The van der Waals surface area contributed by atoms with Crippen molar-refractivity contribution in [1.82, 2.24) is 0 Å². The van der Waals surface area contributed by atoms with Crippen molar-refractivity contribution in [2.75, 3.05) is 35.9 Å². The van der Waals surface area contributed by atoms with Crippen LogP contribution in [0.25, 0.3) is 11.1 Å². The number of carbonyl (C=O) groups is 1. The van der Waals surface area contributed by atoms with Crippen LogP contribution in [0, 0.1) is 5.41 Å². The van der Waals surface area contributed by atoms with Crippen molar-refractivity contribution in [3.8, 4) is 11.1 Å². The first-order valence-corrected chi connectivity index (χ1v) is 14.3. The zero-order valence-electron chi connectivity index (χ0n) is 20.0. The summed E-state index contributed by atoms with van der Waals surface area (Å²) in [6, 6.07) is 16.7. The highest BCUT2D eigenvalue weighted by Gasteiger charge is 2.37. The van der Waals surface area contributed by atoms with Crippen LogP contribution < -0.4 is 9.62 Å². The lowest BCUT2D eigenvalue weighted by Crippen LogP contribution is -2.36. The van der Waals surface area contributed by atoms with Gasteiger partial charge in [0.25, 0.3) is 0 Å². The van der Waals surface area contributed by atoms with Gasteiger partial charge < -0.3 is 9.64 Å². The molecule has 0 unspecified atom stereocenters. The molecule has 3 aromatic rings. The fourth-order valence-corrected chi connectivity index (χ4v) is 7.43. The van der Waals surface area contributed by atoms with Crippen LogP contribution in [-0.4, -0.2) is 40.5 Å². The third-order valence-electron chi connectivity index (χ3n) is 6.48. The van der Waals surface area contributed by atoms with Gasteiger partial charge in [-0.05, 0) is 40.7 Å². The molecule has 2 aliphatic rings. The molecule has 0 bridgehead atoms. The molecule has 0 spiro atoms. The van der Waals surface area contributed by atoms with E-state index in [4.69, 9.17) is 4.74 Å². The second-order valence-electron chi connectivity index (χ2n) is 10.1. The van der Waals surface area contributed by atoms with Gasteiger partial charge in [0.1, 0.15) is 0 Å². The van der Waals surface area contributed by atoms with E-state index in [-0.39, 0.29) is 17.0 Å². The third-order valence-corrected chi connectivity index (χ3v) is 9.07. The first kappa shape index (κ1) is 24.0. The van der Waals surface area contributed by atoms with Crippen LogP contribution in [0.15, 0.2) is 54.6 Å². The maximum Gasteiger partial charge on any atom is 0.236 e. The van der Waals surface area contributed by atoms with Crippen LogP contribution in [-0.2, 0) is 26.9 Å². The van der Waals surface area contributed by atoms with E-state index in [0.717, 1.165) is 51.6 Å². The number of carbonyl (C=O) groups excluding carboxylic acids is 1. The summed E-state index contributed by atoms with van der Waals surface area (Å²) in [5, 5.41) is 1.11. The van der Waals surface area contributed by atoms with E-state index >= 15 is 0 Å². The number of hydrogen-bond donors (Lipinski definition) is 1. The molecular formula is C27H30N2O4S2. The molecule has 1 aliphatic carbocycles. The van der Waals surface area contributed by atoms with Gasteiger partial charge in [-0.3, -0.25) is 9.52 Å². The van der Waals surface area contributed by atoms with E-state index in [0.29, 0.717) is 25.3 Å². The van der Waals surface area contributed by atoms with Crippen molar-refractivity contribution in [1.29, 1.82) is 0 Å². The number of nitrogens with one attached hydrogen (secondary N) is 1. The Bertz CT molecular complexity index is 1320. The predicted octanol–water partition coefficient (Wildman–Crippen LogP) is 5.35. The molecule has 1 aliphatic heterocycles. The fraction of sp³-hybridized carbons (Fsp3) is 0.370. The zero-order chi connectivity index (χ0) is 24.6. The number of Topliss-reactive ketones (excluding diaryl/α,β-unsaturated/α-hetero) is 1. The van der Waals surface area contributed by atoms with Crippen molar-refractivity contribution in [3.05, 3.63) is 70.6 Å². The SMILES string of the molecule is CC1(C)CC(=O)c2sc(N3CCOCC3)c(-c3ccc(NS(=O)(=O)Cc4ccccc4)cc3)c2C1. The molecule has 1 N–H and O–H groups in total. The average molecular weight is 511 g/mol. The molecule has 1 aromatic heterocycles. The van der Waals surface area contributed by atoms with Gasteiger partial charge in [0.15, 0.2) is 5.78 Å². The van der Waals surface area contributed by atoms with Crippen molar-refractivity contribution < 1.29 is 17.9 Å². The van der Waals surface area contributed by atoms with E-state index in [1.165, 1.54) is 0 Å². The van der Waals surface area contributed by atoms with E-state index in [1.807, 2.05) is 30.3 Å². The van der Waals surface area contributed by atoms with Gasteiger partial charge in [0.2, 0.25) is 10.0 Å². The number of thiophene rings is 1. The molecule has 35 heavy (non-hydrogen) atoms. The van der Waals surface area contributed by atoms with Gasteiger partial charge in [-0.15, -0.1) is 11.3 Å². The van der Waals surface area contributed by atoms with Crippen LogP contribution in [0.2, 0.25) is 0 Å². The van der Waals surface area contributed by atoms with Gasteiger partial charge in [0, 0.05) is 30.8 Å². The number of anilines is 2. The number of fused-ring (bicyclic) bond motifs is 1. The number of ether oxygens (including phenoxy) is 1. The van der Waals surface area contributed by atoms with Crippen LogP contribution in [0.1, 0.15) is 41.1 Å². The fourth-order valence-electron chi connectivity index (χ4n) is 4.90. The number of morpholine rings is 1. The topological polar surface area (TPSA) is 75.7 Å².